The Bertz CT molecular complexity index is 887. The summed E-state index contributed by atoms with van der Waals surface area (Å²) >= 11 is 0. The van der Waals surface area contributed by atoms with Gasteiger partial charge in [0.2, 0.25) is 0 Å². The van der Waals surface area contributed by atoms with Crippen LogP contribution in [-0.2, 0) is 4.79 Å². The molecule has 3 rings (SSSR count). The van der Waals surface area contributed by atoms with E-state index in [1.165, 1.54) is 5.56 Å². The molecule has 0 saturated carbocycles. The molecule has 0 aliphatic carbocycles. The van der Waals surface area contributed by atoms with E-state index in [9.17, 15) is 9.59 Å². The SMILES string of the molecule is Cc1cc(C)c(NC(=O)c2ccc(OCC(=O)N3C(C)CCCC3C)cc2)c(C)c1. The number of rotatable bonds is 5. The van der Waals surface area contributed by atoms with Gasteiger partial charge >= 0.3 is 0 Å². The van der Waals surface area contributed by atoms with Gasteiger partial charge in [-0.1, -0.05) is 17.7 Å². The number of amides is 2. The minimum atomic E-state index is -0.163. The zero-order valence-electron chi connectivity index (χ0n) is 18.6. The van der Waals surface area contributed by atoms with E-state index in [-0.39, 0.29) is 30.5 Å². The summed E-state index contributed by atoms with van der Waals surface area (Å²) in [5, 5.41) is 3.00. The van der Waals surface area contributed by atoms with E-state index < -0.39 is 0 Å². The monoisotopic (exact) mass is 408 g/mol. The van der Waals surface area contributed by atoms with Gasteiger partial charge in [0, 0.05) is 23.3 Å². The molecule has 2 aromatic carbocycles. The molecule has 1 N–H and O–H groups in total. The summed E-state index contributed by atoms with van der Waals surface area (Å²) in [5.74, 6) is 0.436. The zero-order chi connectivity index (χ0) is 21.8. The second kappa shape index (κ2) is 9.33. The largest absolute Gasteiger partial charge is 0.484 e. The van der Waals surface area contributed by atoms with Gasteiger partial charge < -0.3 is 15.0 Å². The second-order valence-corrected chi connectivity index (χ2v) is 8.47. The van der Waals surface area contributed by atoms with Crippen molar-refractivity contribution in [1.29, 1.82) is 0 Å². The second-order valence-electron chi connectivity index (χ2n) is 8.47. The lowest BCUT2D eigenvalue weighted by molar-refractivity contribution is -0.139. The minimum absolute atomic E-state index is 0.0156. The zero-order valence-corrected chi connectivity index (χ0v) is 18.6. The van der Waals surface area contributed by atoms with Gasteiger partial charge in [0.05, 0.1) is 0 Å². The molecule has 2 atom stereocenters. The summed E-state index contributed by atoms with van der Waals surface area (Å²) in [6.45, 7) is 10.2. The Kier molecular flexibility index (Phi) is 6.80. The Labute approximate surface area is 179 Å². The van der Waals surface area contributed by atoms with Gasteiger partial charge in [-0.25, -0.2) is 0 Å². The summed E-state index contributed by atoms with van der Waals surface area (Å²) in [4.78, 5) is 27.2. The van der Waals surface area contributed by atoms with Crippen LogP contribution >= 0.6 is 0 Å². The van der Waals surface area contributed by atoms with Crippen molar-refractivity contribution < 1.29 is 14.3 Å². The molecule has 1 saturated heterocycles. The number of carbonyl (C=O) groups is 2. The molecule has 2 aromatic rings. The van der Waals surface area contributed by atoms with E-state index in [0.29, 0.717) is 11.3 Å². The number of hydrogen-bond donors (Lipinski definition) is 1. The molecule has 0 aromatic heterocycles. The lowest BCUT2D eigenvalue weighted by atomic mass is 9.97. The van der Waals surface area contributed by atoms with Gasteiger partial charge in [-0.05, 0) is 89.3 Å². The van der Waals surface area contributed by atoms with Crippen molar-refractivity contribution in [3.05, 3.63) is 58.7 Å². The Balaban J connectivity index is 1.60. The van der Waals surface area contributed by atoms with E-state index in [0.717, 1.165) is 36.1 Å². The van der Waals surface area contributed by atoms with Gasteiger partial charge in [0.1, 0.15) is 5.75 Å². The molecule has 160 valence electrons. The van der Waals surface area contributed by atoms with Crippen molar-refractivity contribution in [2.45, 2.75) is 66.0 Å². The van der Waals surface area contributed by atoms with Crippen LogP contribution in [0.15, 0.2) is 36.4 Å². The first-order valence-electron chi connectivity index (χ1n) is 10.7. The predicted molar refractivity (Wildman–Crippen MR) is 120 cm³/mol. The molecular weight excluding hydrogens is 376 g/mol. The van der Waals surface area contributed by atoms with Gasteiger partial charge in [0.15, 0.2) is 6.61 Å². The number of hydrogen-bond acceptors (Lipinski definition) is 3. The molecule has 5 nitrogen and oxygen atoms in total. The highest BCUT2D eigenvalue weighted by atomic mass is 16.5. The van der Waals surface area contributed by atoms with E-state index in [1.807, 2.05) is 25.7 Å². The molecule has 0 radical (unpaired) electrons. The smallest absolute Gasteiger partial charge is 0.260 e. The third-order valence-corrected chi connectivity index (χ3v) is 5.88. The minimum Gasteiger partial charge on any atom is -0.484 e. The normalized spacial score (nSPS) is 18.8. The third-order valence-electron chi connectivity index (χ3n) is 5.88. The molecule has 1 fully saturated rings. The molecular formula is C25H32N2O3. The first kappa shape index (κ1) is 21.9. The molecule has 5 heteroatoms. The average Bonchev–Trinajstić information content (AvgIpc) is 2.69. The predicted octanol–water partition coefficient (Wildman–Crippen LogP) is 5.03. The number of likely N-dealkylation sites (tertiary alicyclic amines) is 1. The van der Waals surface area contributed by atoms with Crippen molar-refractivity contribution in [3.63, 3.8) is 0 Å². The fourth-order valence-electron chi connectivity index (χ4n) is 4.40. The molecule has 1 aliphatic rings. The summed E-state index contributed by atoms with van der Waals surface area (Å²) in [7, 11) is 0. The number of piperidine rings is 1. The number of anilines is 1. The highest BCUT2D eigenvalue weighted by Gasteiger charge is 2.29. The van der Waals surface area contributed by atoms with Crippen molar-refractivity contribution in [1.82, 2.24) is 4.90 Å². The third kappa shape index (κ3) is 5.02. The maximum absolute atomic E-state index is 12.6. The van der Waals surface area contributed by atoms with E-state index in [4.69, 9.17) is 4.74 Å². The fraction of sp³-hybridized carbons (Fsp3) is 0.440. The molecule has 30 heavy (non-hydrogen) atoms. The molecule has 0 bridgehead atoms. The van der Waals surface area contributed by atoms with Crippen LogP contribution < -0.4 is 10.1 Å². The van der Waals surface area contributed by atoms with Crippen LogP contribution in [0.4, 0.5) is 5.69 Å². The number of carbonyl (C=O) groups excluding carboxylic acids is 2. The topological polar surface area (TPSA) is 58.6 Å². The molecule has 1 aliphatic heterocycles. The quantitative estimate of drug-likeness (QED) is 0.755. The summed E-state index contributed by atoms with van der Waals surface area (Å²) in [5.41, 5.74) is 4.65. The maximum atomic E-state index is 12.6. The highest BCUT2D eigenvalue weighted by Crippen LogP contribution is 2.24. The Hall–Kier alpha value is -2.82. The highest BCUT2D eigenvalue weighted by molar-refractivity contribution is 6.05. The molecule has 1 heterocycles. The number of aryl methyl sites for hydroxylation is 3. The number of nitrogens with one attached hydrogen (secondary N) is 1. The van der Waals surface area contributed by atoms with Crippen LogP contribution in [-0.4, -0.2) is 35.4 Å². The lowest BCUT2D eigenvalue weighted by Gasteiger charge is -2.38. The van der Waals surface area contributed by atoms with Gasteiger partial charge in [0.25, 0.3) is 11.8 Å². The standard InChI is InChI=1S/C25H32N2O3/c1-16-13-17(2)24(18(3)14-16)26-25(29)21-9-11-22(12-10-21)30-15-23(28)27-19(4)7-6-8-20(27)5/h9-14,19-20H,6-8,15H2,1-5H3,(H,26,29). The summed E-state index contributed by atoms with van der Waals surface area (Å²) in [6.07, 6.45) is 3.25. The van der Waals surface area contributed by atoms with Crippen LogP contribution in [0.3, 0.4) is 0 Å². The fourth-order valence-corrected chi connectivity index (χ4v) is 4.40. The van der Waals surface area contributed by atoms with Crippen LogP contribution in [0.1, 0.15) is 60.2 Å². The van der Waals surface area contributed by atoms with Gasteiger partial charge in [-0.2, -0.15) is 0 Å². The van der Waals surface area contributed by atoms with E-state index >= 15 is 0 Å². The average molecular weight is 409 g/mol. The van der Waals surface area contributed by atoms with Crippen molar-refractivity contribution >= 4 is 17.5 Å². The first-order valence-corrected chi connectivity index (χ1v) is 10.7. The van der Waals surface area contributed by atoms with Crippen LogP contribution in [0.2, 0.25) is 0 Å². The Morgan fingerprint density at radius 1 is 1.00 bits per heavy atom. The van der Waals surface area contributed by atoms with Crippen molar-refractivity contribution in [2.24, 2.45) is 0 Å². The van der Waals surface area contributed by atoms with Crippen LogP contribution in [0.5, 0.6) is 5.75 Å². The molecule has 2 amide bonds. The number of ether oxygens (including phenoxy) is 1. The van der Waals surface area contributed by atoms with Crippen LogP contribution in [0, 0.1) is 20.8 Å². The summed E-state index contributed by atoms with van der Waals surface area (Å²) < 4.78 is 5.70. The van der Waals surface area contributed by atoms with Gasteiger partial charge in [-0.3, -0.25) is 9.59 Å². The van der Waals surface area contributed by atoms with Crippen LogP contribution in [0.25, 0.3) is 0 Å². The van der Waals surface area contributed by atoms with Crippen molar-refractivity contribution in [3.8, 4) is 5.75 Å². The molecule has 2 unspecified atom stereocenters. The number of nitrogens with zero attached hydrogens (tertiary/aromatic N) is 1. The lowest BCUT2D eigenvalue weighted by Crippen LogP contribution is -2.49. The Morgan fingerprint density at radius 2 is 1.57 bits per heavy atom. The van der Waals surface area contributed by atoms with E-state index in [2.05, 4.69) is 31.3 Å². The summed E-state index contributed by atoms with van der Waals surface area (Å²) in [6, 6.07) is 11.5. The maximum Gasteiger partial charge on any atom is 0.260 e. The first-order chi connectivity index (χ1) is 14.3. The number of benzene rings is 2. The van der Waals surface area contributed by atoms with Gasteiger partial charge in [-0.15, -0.1) is 0 Å². The van der Waals surface area contributed by atoms with E-state index in [1.54, 1.807) is 24.3 Å². The van der Waals surface area contributed by atoms with Crippen molar-refractivity contribution in [2.75, 3.05) is 11.9 Å². The molecule has 0 spiro atoms. The Morgan fingerprint density at radius 3 is 2.13 bits per heavy atom.